The highest BCUT2D eigenvalue weighted by molar-refractivity contribution is 5.96. The molecule has 9 heteroatoms. The van der Waals surface area contributed by atoms with Crippen molar-refractivity contribution in [2.75, 3.05) is 37.6 Å². The maximum atomic E-state index is 12.9. The molecule has 4 rings (SSSR count). The lowest BCUT2D eigenvalue weighted by Crippen LogP contribution is -2.48. The lowest BCUT2D eigenvalue weighted by atomic mass is 10.1. The quantitative estimate of drug-likeness (QED) is 0.768. The minimum Gasteiger partial charge on any atom is -0.458 e. The van der Waals surface area contributed by atoms with E-state index in [1.165, 1.54) is 0 Å². The van der Waals surface area contributed by atoms with Gasteiger partial charge in [0, 0.05) is 25.3 Å². The van der Waals surface area contributed by atoms with Crippen LogP contribution in [0.1, 0.15) is 12.8 Å². The highest BCUT2D eigenvalue weighted by Gasteiger charge is 2.33. The molecule has 2 aliphatic rings. The van der Waals surface area contributed by atoms with Gasteiger partial charge in [0.05, 0.1) is 18.9 Å². The Kier molecular flexibility index (Phi) is 5.55. The number of carbonyl (C=O) groups is 2. The van der Waals surface area contributed by atoms with Gasteiger partial charge in [-0.15, -0.1) is 0 Å². The molecule has 8 nitrogen and oxygen atoms in total. The minimum absolute atomic E-state index is 0.0436. The van der Waals surface area contributed by atoms with Gasteiger partial charge in [-0.2, -0.15) is 0 Å². The Labute approximate surface area is 167 Å². The summed E-state index contributed by atoms with van der Waals surface area (Å²) in [6.45, 7) is 2.12. The molecule has 3 amide bonds. The fourth-order valence-electron chi connectivity index (χ4n) is 3.61. The van der Waals surface area contributed by atoms with Gasteiger partial charge in [0.25, 0.3) is 0 Å². The van der Waals surface area contributed by atoms with Crippen molar-refractivity contribution in [3.8, 4) is 6.01 Å². The van der Waals surface area contributed by atoms with Gasteiger partial charge in [-0.1, -0.05) is 18.2 Å². The normalized spacial score (nSPS) is 19.6. The van der Waals surface area contributed by atoms with Crippen molar-refractivity contribution in [1.29, 1.82) is 0 Å². The van der Waals surface area contributed by atoms with Crippen LogP contribution in [-0.4, -0.2) is 70.5 Å². The van der Waals surface area contributed by atoms with E-state index in [2.05, 4.69) is 9.97 Å². The third-order valence-corrected chi connectivity index (χ3v) is 5.09. The molecule has 0 N–H and O–H groups in total. The Morgan fingerprint density at radius 3 is 2.66 bits per heavy atom. The second kappa shape index (κ2) is 8.42. The second-order valence-electron chi connectivity index (χ2n) is 7.10. The predicted molar refractivity (Wildman–Crippen MR) is 103 cm³/mol. The van der Waals surface area contributed by atoms with Crippen LogP contribution >= 0.6 is 0 Å². The number of nitrogens with zero attached hydrogens (tertiary/aromatic N) is 5. The molecule has 0 saturated carbocycles. The van der Waals surface area contributed by atoms with Gasteiger partial charge in [0.15, 0.2) is 5.82 Å². The Balaban J connectivity index is 1.32. The summed E-state index contributed by atoms with van der Waals surface area (Å²) in [7, 11) is 0. The lowest BCUT2D eigenvalue weighted by molar-refractivity contribution is -0.134. The Morgan fingerprint density at radius 1 is 1.14 bits per heavy atom. The van der Waals surface area contributed by atoms with E-state index >= 15 is 0 Å². The Hall–Kier alpha value is -3.23. The highest BCUT2D eigenvalue weighted by atomic mass is 19.1. The van der Waals surface area contributed by atoms with Crippen molar-refractivity contribution in [3.63, 3.8) is 0 Å². The fraction of sp³-hybridized carbons (Fsp3) is 0.400. The number of carbonyl (C=O) groups excluding carboxylic acids is 2. The number of aromatic nitrogens is 2. The molecule has 3 heterocycles. The molecule has 0 radical (unpaired) electrons. The van der Waals surface area contributed by atoms with E-state index in [1.807, 2.05) is 30.3 Å². The molecule has 1 atom stereocenters. The lowest BCUT2D eigenvalue weighted by Gasteiger charge is -2.33. The number of amides is 3. The maximum Gasteiger partial charge on any atom is 0.325 e. The number of piperidine rings is 1. The van der Waals surface area contributed by atoms with Crippen LogP contribution in [0.25, 0.3) is 0 Å². The first-order chi connectivity index (χ1) is 14.1. The SMILES string of the molecule is O=C(CN1CCN(c2ccccc2)C1=O)N1CCCC(Oc2ncc(F)cn2)C1. The summed E-state index contributed by atoms with van der Waals surface area (Å²) in [6, 6.07) is 9.37. The summed E-state index contributed by atoms with van der Waals surface area (Å²) < 4.78 is 18.6. The van der Waals surface area contributed by atoms with Crippen molar-refractivity contribution in [2.24, 2.45) is 0 Å². The second-order valence-corrected chi connectivity index (χ2v) is 7.10. The molecule has 2 aromatic rings. The molecule has 2 aliphatic heterocycles. The summed E-state index contributed by atoms with van der Waals surface area (Å²) in [5.74, 6) is -0.640. The third kappa shape index (κ3) is 4.44. The molecule has 0 aliphatic carbocycles. The first-order valence-electron chi connectivity index (χ1n) is 9.63. The number of para-hydroxylation sites is 1. The summed E-state index contributed by atoms with van der Waals surface area (Å²) >= 11 is 0. The van der Waals surface area contributed by atoms with Gasteiger partial charge in [-0.05, 0) is 25.0 Å². The zero-order valence-electron chi connectivity index (χ0n) is 15.9. The van der Waals surface area contributed by atoms with E-state index in [-0.39, 0.29) is 30.6 Å². The van der Waals surface area contributed by atoms with Gasteiger partial charge >= 0.3 is 12.0 Å². The molecular formula is C20H22FN5O3. The highest BCUT2D eigenvalue weighted by Crippen LogP contribution is 2.20. The van der Waals surface area contributed by atoms with Gasteiger partial charge in [0.2, 0.25) is 5.91 Å². The molecule has 1 aromatic carbocycles. The molecule has 2 saturated heterocycles. The number of benzene rings is 1. The first kappa shape index (κ1) is 19.1. The van der Waals surface area contributed by atoms with Crippen LogP contribution in [0.2, 0.25) is 0 Å². The smallest absolute Gasteiger partial charge is 0.325 e. The standard InChI is InChI=1S/C20H22FN5O3/c21-15-11-22-19(23-12-15)29-17-7-4-8-24(13-17)18(27)14-25-9-10-26(20(25)28)16-5-2-1-3-6-16/h1-3,5-6,11-12,17H,4,7-10,13-14H2. The summed E-state index contributed by atoms with van der Waals surface area (Å²) in [4.78, 5) is 38.0. The monoisotopic (exact) mass is 399 g/mol. The van der Waals surface area contributed by atoms with Crippen LogP contribution in [-0.2, 0) is 4.79 Å². The van der Waals surface area contributed by atoms with Crippen LogP contribution in [0.3, 0.4) is 0 Å². The van der Waals surface area contributed by atoms with E-state index in [0.717, 1.165) is 30.9 Å². The van der Waals surface area contributed by atoms with E-state index in [4.69, 9.17) is 4.74 Å². The number of ether oxygens (including phenoxy) is 1. The van der Waals surface area contributed by atoms with E-state index in [0.29, 0.717) is 26.2 Å². The number of likely N-dealkylation sites (tertiary alicyclic amines) is 1. The zero-order valence-corrected chi connectivity index (χ0v) is 15.9. The van der Waals surface area contributed by atoms with E-state index in [1.54, 1.807) is 14.7 Å². The topological polar surface area (TPSA) is 78.9 Å². The Bertz CT molecular complexity index is 864. The van der Waals surface area contributed by atoms with E-state index in [9.17, 15) is 14.0 Å². The molecule has 0 spiro atoms. The molecule has 2 fully saturated rings. The molecular weight excluding hydrogens is 377 g/mol. The van der Waals surface area contributed by atoms with E-state index < -0.39 is 5.82 Å². The van der Waals surface area contributed by atoms with Gasteiger partial charge in [0.1, 0.15) is 12.6 Å². The van der Waals surface area contributed by atoms with Gasteiger partial charge in [-0.25, -0.2) is 19.2 Å². The largest absolute Gasteiger partial charge is 0.458 e. The zero-order chi connectivity index (χ0) is 20.2. The summed E-state index contributed by atoms with van der Waals surface area (Å²) in [5.41, 5.74) is 0.832. The van der Waals surface area contributed by atoms with Gasteiger partial charge < -0.3 is 14.5 Å². The van der Waals surface area contributed by atoms with Crippen LogP contribution in [0, 0.1) is 5.82 Å². The fourth-order valence-corrected chi connectivity index (χ4v) is 3.61. The third-order valence-electron chi connectivity index (χ3n) is 5.09. The van der Waals surface area contributed by atoms with Crippen LogP contribution in [0.4, 0.5) is 14.9 Å². The minimum atomic E-state index is -0.530. The molecule has 152 valence electrons. The Morgan fingerprint density at radius 2 is 1.90 bits per heavy atom. The van der Waals surface area contributed by atoms with Crippen molar-refractivity contribution >= 4 is 17.6 Å². The van der Waals surface area contributed by atoms with Gasteiger partial charge in [-0.3, -0.25) is 9.69 Å². The van der Waals surface area contributed by atoms with Crippen LogP contribution in [0.5, 0.6) is 6.01 Å². The molecule has 29 heavy (non-hydrogen) atoms. The first-order valence-corrected chi connectivity index (χ1v) is 9.63. The average Bonchev–Trinajstić information content (AvgIpc) is 3.11. The van der Waals surface area contributed by atoms with Crippen LogP contribution < -0.4 is 9.64 Å². The van der Waals surface area contributed by atoms with Crippen molar-refractivity contribution < 1.29 is 18.7 Å². The molecule has 1 unspecified atom stereocenters. The number of anilines is 1. The number of halogens is 1. The van der Waals surface area contributed by atoms with Crippen molar-refractivity contribution in [2.45, 2.75) is 18.9 Å². The van der Waals surface area contributed by atoms with Crippen LogP contribution in [0.15, 0.2) is 42.7 Å². The number of hydrogen-bond donors (Lipinski definition) is 0. The average molecular weight is 399 g/mol. The number of hydrogen-bond acceptors (Lipinski definition) is 5. The summed E-state index contributed by atoms with van der Waals surface area (Å²) in [6.07, 6.45) is 3.38. The summed E-state index contributed by atoms with van der Waals surface area (Å²) in [5, 5.41) is 0. The number of urea groups is 1. The van der Waals surface area contributed by atoms with Crippen molar-refractivity contribution in [1.82, 2.24) is 19.8 Å². The molecule has 0 bridgehead atoms. The number of rotatable bonds is 5. The van der Waals surface area contributed by atoms with Crippen molar-refractivity contribution in [3.05, 3.63) is 48.5 Å². The maximum absolute atomic E-state index is 12.9. The predicted octanol–water partition coefficient (Wildman–Crippen LogP) is 1.93. The molecule has 1 aromatic heterocycles.